The van der Waals surface area contributed by atoms with Crippen molar-refractivity contribution in [3.63, 3.8) is 0 Å². The van der Waals surface area contributed by atoms with Gasteiger partial charge in [0.2, 0.25) is 0 Å². The van der Waals surface area contributed by atoms with Crippen molar-refractivity contribution < 1.29 is 4.79 Å². The van der Waals surface area contributed by atoms with Gasteiger partial charge in [0.05, 0.1) is 11.4 Å². The number of carbonyl (C=O) groups is 1. The highest BCUT2D eigenvalue weighted by atomic mass is 32.2. The minimum absolute atomic E-state index is 0.127. The molecule has 142 valence electrons. The summed E-state index contributed by atoms with van der Waals surface area (Å²) in [6.07, 6.45) is 2.06. The van der Waals surface area contributed by atoms with E-state index in [0.29, 0.717) is 5.56 Å². The number of amides is 1. The predicted molar refractivity (Wildman–Crippen MR) is 118 cm³/mol. The number of hydrogen-bond donors (Lipinski definition) is 1. The minimum atomic E-state index is -0.127. The van der Waals surface area contributed by atoms with Crippen LogP contribution in [0.1, 0.15) is 10.4 Å². The van der Waals surface area contributed by atoms with Crippen LogP contribution in [-0.2, 0) is 6.54 Å². The fourth-order valence-corrected chi connectivity index (χ4v) is 4.44. The Bertz CT molecular complexity index is 1140. The van der Waals surface area contributed by atoms with Gasteiger partial charge in [-0.3, -0.25) is 4.79 Å². The third kappa shape index (κ3) is 3.57. The van der Waals surface area contributed by atoms with Crippen molar-refractivity contribution >= 4 is 23.4 Å². The Morgan fingerprint density at radius 3 is 2.41 bits per heavy atom. The van der Waals surface area contributed by atoms with E-state index in [2.05, 4.69) is 28.2 Å². The first-order valence-corrected chi connectivity index (χ1v) is 10.5. The highest BCUT2D eigenvalue weighted by Gasteiger charge is 2.18. The van der Waals surface area contributed by atoms with Crippen LogP contribution >= 0.6 is 11.8 Å². The van der Waals surface area contributed by atoms with Gasteiger partial charge in [0.1, 0.15) is 0 Å². The number of nitrogens with zero attached hydrogens (tertiary/aromatic N) is 2. The van der Waals surface area contributed by atoms with Crippen LogP contribution in [0.2, 0.25) is 0 Å². The molecular formula is C24H19N3OS. The molecule has 1 N–H and O–H groups in total. The van der Waals surface area contributed by atoms with Gasteiger partial charge in [-0.2, -0.15) is 0 Å². The van der Waals surface area contributed by atoms with Gasteiger partial charge in [-0.1, -0.05) is 72.4 Å². The highest BCUT2D eigenvalue weighted by Crippen LogP contribution is 2.32. The summed E-state index contributed by atoms with van der Waals surface area (Å²) < 4.78 is 2.17. The van der Waals surface area contributed by atoms with Gasteiger partial charge >= 0.3 is 0 Å². The van der Waals surface area contributed by atoms with Crippen molar-refractivity contribution in [2.24, 2.45) is 0 Å². The van der Waals surface area contributed by atoms with E-state index in [1.54, 1.807) is 11.8 Å². The van der Waals surface area contributed by atoms with Crippen molar-refractivity contribution in [3.05, 3.63) is 90.6 Å². The van der Waals surface area contributed by atoms with E-state index in [-0.39, 0.29) is 5.91 Å². The Kier molecular flexibility index (Phi) is 4.66. The SMILES string of the molecule is O=C(Nc1ccccc1-c1cn2c(n1)SCC2)c1ccc(-c2ccccc2)cc1. The molecule has 1 aromatic heterocycles. The molecule has 1 aliphatic heterocycles. The molecule has 1 aliphatic rings. The van der Waals surface area contributed by atoms with Crippen molar-refractivity contribution in [3.8, 4) is 22.4 Å². The number of fused-ring (bicyclic) bond motifs is 1. The molecule has 5 rings (SSSR count). The summed E-state index contributed by atoms with van der Waals surface area (Å²) in [5.74, 6) is 0.943. The van der Waals surface area contributed by atoms with Crippen LogP contribution in [0.5, 0.6) is 0 Å². The fraction of sp³-hybridized carbons (Fsp3) is 0.0833. The van der Waals surface area contributed by atoms with E-state index in [9.17, 15) is 4.79 Å². The van der Waals surface area contributed by atoms with Gasteiger partial charge in [0.25, 0.3) is 5.91 Å². The molecule has 0 spiro atoms. The Labute approximate surface area is 173 Å². The van der Waals surface area contributed by atoms with Crippen molar-refractivity contribution in [1.29, 1.82) is 0 Å². The van der Waals surface area contributed by atoms with Crippen LogP contribution in [0.25, 0.3) is 22.4 Å². The second kappa shape index (κ2) is 7.60. The standard InChI is InChI=1S/C24H19N3OS/c28-23(19-12-10-18(11-13-19)17-6-2-1-3-7-17)25-21-9-5-4-8-20(21)22-16-27-14-15-29-24(27)26-22/h1-13,16H,14-15H2,(H,25,28). The second-order valence-corrected chi connectivity index (χ2v) is 7.96. The van der Waals surface area contributed by atoms with Crippen molar-refractivity contribution in [2.45, 2.75) is 11.7 Å². The van der Waals surface area contributed by atoms with Gasteiger partial charge in [-0.05, 0) is 29.3 Å². The summed E-state index contributed by atoms with van der Waals surface area (Å²) in [5.41, 5.74) is 5.45. The Morgan fingerprint density at radius 1 is 0.897 bits per heavy atom. The number of para-hydroxylation sites is 1. The zero-order valence-corrected chi connectivity index (χ0v) is 16.5. The molecule has 4 nitrogen and oxygen atoms in total. The van der Waals surface area contributed by atoms with E-state index < -0.39 is 0 Å². The van der Waals surface area contributed by atoms with E-state index in [1.165, 1.54) is 0 Å². The van der Waals surface area contributed by atoms with Gasteiger partial charge in [0, 0.05) is 29.6 Å². The molecule has 0 saturated heterocycles. The normalized spacial score (nSPS) is 12.6. The van der Waals surface area contributed by atoms with Crippen LogP contribution < -0.4 is 5.32 Å². The van der Waals surface area contributed by atoms with E-state index in [4.69, 9.17) is 4.98 Å². The third-order valence-corrected chi connectivity index (χ3v) is 5.98. The van der Waals surface area contributed by atoms with Gasteiger partial charge in [-0.25, -0.2) is 4.98 Å². The Hall–Kier alpha value is -3.31. The number of thioether (sulfide) groups is 1. The lowest BCUT2D eigenvalue weighted by molar-refractivity contribution is 0.102. The summed E-state index contributed by atoms with van der Waals surface area (Å²) in [5, 5.41) is 4.09. The summed E-state index contributed by atoms with van der Waals surface area (Å²) in [6, 6.07) is 25.6. The zero-order valence-electron chi connectivity index (χ0n) is 15.7. The molecule has 1 amide bonds. The highest BCUT2D eigenvalue weighted by molar-refractivity contribution is 7.99. The molecule has 3 aromatic carbocycles. The lowest BCUT2D eigenvalue weighted by atomic mass is 10.0. The predicted octanol–water partition coefficient (Wildman–Crippen LogP) is 5.58. The molecule has 0 saturated carbocycles. The van der Waals surface area contributed by atoms with Gasteiger partial charge < -0.3 is 9.88 Å². The van der Waals surface area contributed by atoms with Crippen LogP contribution in [0.3, 0.4) is 0 Å². The average Bonchev–Trinajstić information content (AvgIpc) is 3.37. The van der Waals surface area contributed by atoms with Crippen LogP contribution in [0.15, 0.2) is 90.2 Å². The maximum absolute atomic E-state index is 12.8. The number of benzene rings is 3. The number of imidazole rings is 1. The quantitative estimate of drug-likeness (QED) is 0.489. The number of hydrogen-bond acceptors (Lipinski definition) is 3. The van der Waals surface area contributed by atoms with Gasteiger partial charge in [-0.15, -0.1) is 0 Å². The number of carbonyl (C=O) groups excluding carboxylic acids is 1. The monoisotopic (exact) mass is 397 g/mol. The Balaban J connectivity index is 1.38. The first-order valence-electron chi connectivity index (χ1n) is 9.54. The molecule has 0 atom stereocenters. The molecule has 2 heterocycles. The smallest absolute Gasteiger partial charge is 0.255 e. The molecule has 0 fully saturated rings. The van der Waals surface area contributed by atoms with E-state index in [0.717, 1.165) is 45.5 Å². The number of anilines is 1. The number of rotatable bonds is 4. The molecule has 0 aliphatic carbocycles. The average molecular weight is 398 g/mol. The second-order valence-electron chi connectivity index (χ2n) is 6.89. The number of aromatic nitrogens is 2. The zero-order chi connectivity index (χ0) is 19.6. The minimum Gasteiger partial charge on any atom is -0.325 e. The first-order chi connectivity index (χ1) is 14.3. The molecule has 29 heavy (non-hydrogen) atoms. The Morgan fingerprint density at radius 2 is 1.62 bits per heavy atom. The maximum atomic E-state index is 12.8. The molecule has 0 radical (unpaired) electrons. The third-order valence-electron chi connectivity index (χ3n) is 5.01. The molecular weight excluding hydrogens is 378 g/mol. The van der Waals surface area contributed by atoms with Gasteiger partial charge in [0.15, 0.2) is 5.16 Å². The number of nitrogens with one attached hydrogen (secondary N) is 1. The van der Waals surface area contributed by atoms with Crippen molar-refractivity contribution in [1.82, 2.24) is 9.55 Å². The van der Waals surface area contributed by atoms with Crippen LogP contribution in [0.4, 0.5) is 5.69 Å². The summed E-state index contributed by atoms with van der Waals surface area (Å²) in [4.78, 5) is 17.6. The van der Waals surface area contributed by atoms with E-state index >= 15 is 0 Å². The maximum Gasteiger partial charge on any atom is 0.255 e. The lowest BCUT2D eigenvalue weighted by Gasteiger charge is -2.10. The molecule has 0 bridgehead atoms. The number of aryl methyl sites for hydroxylation is 1. The summed E-state index contributed by atoms with van der Waals surface area (Å²) in [6.45, 7) is 0.981. The largest absolute Gasteiger partial charge is 0.325 e. The summed E-state index contributed by atoms with van der Waals surface area (Å²) in [7, 11) is 0. The van der Waals surface area contributed by atoms with Crippen LogP contribution in [0, 0.1) is 0 Å². The topological polar surface area (TPSA) is 46.9 Å². The van der Waals surface area contributed by atoms with Crippen LogP contribution in [-0.4, -0.2) is 21.2 Å². The van der Waals surface area contributed by atoms with Crippen molar-refractivity contribution in [2.75, 3.05) is 11.1 Å². The first kappa shape index (κ1) is 17.8. The summed E-state index contributed by atoms with van der Waals surface area (Å²) >= 11 is 1.76. The molecule has 4 aromatic rings. The fourth-order valence-electron chi connectivity index (χ4n) is 3.49. The molecule has 0 unspecified atom stereocenters. The van der Waals surface area contributed by atoms with E-state index in [1.807, 2.05) is 66.7 Å². The lowest BCUT2D eigenvalue weighted by Crippen LogP contribution is -2.12. The molecule has 5 heteroatoms.